The average Bonchev–Trinajstić information content (AvgIpc) is 2.48. The van der Waals surface area contributed by atoms with Crippen molar-refractivity contribution in [3.05, 3.63) is 66.0 Å². The molecule has 0 N–H and O–H groups in total. The number of nitrogens with zero attached hydrogens (tertiary/aromatic N) is 2. The van der Waals surface area contributed by atoms with E-state index >= 15 is 0 Å². The second-order valence-electron chi connectivity index (χ2n) is 4.46. The molecule has 0 fully saturated rings. The highest BCUT2D eigenvalue weighted by Crippen LogP contribution is 2.18. The molecule has 4 nitrogen and oxygen atoms in total. The molecule has 1 aromatic heterocycles. The van der Waals surface area contributed by atoms with Crippen LogP contribution in [0, 0.1) is 6.92 Å². The summed E-state index contributed by atoms with van der Waals surface area (Å²) in [5.41, 5.74) is 3.08. The molecule has 0 amide bonds. The molecule has 20 heavy (non-hydrogen) atoms. The third-order valence-electron chi connectivity index (χ3n) is 2.94. The highest BCUT2D eigenvalue weighted by atomic mass is 16.5. The number of esters is 1. The Bertz CT molecular complexity index is 767. The molecule has 0 atom stereocenters. The van der Waals surface area contributed by atoms with E-state index in [-0.39, 0.29) is 5.97 Å². The number of fused-ring (bicyclic) bond motifs is 1. The third-order valence-corrected chi connectivity index (χ3v) is 2.94. The molecule has 0 spiro atoms. The van der Waals surface area contributed by atoms with Crippen LogP contribution in [-0.4, -0.2) is 15.9 Å². The fraction of sp³-hybridized carbons (Fsp3) is 0.0625. The van der Waals surface area contributed by atoms with Crippen molar-refractivity contribution in [2.24, 2.45) is 0 Å². The van der Waals surface area contributed by atoms with Crippen LogP contribution in [0.5, 0.6) is 5.75 Å². The van der Waals surface area contributed by atoms with Crippen molar-refractivity contribution in [2.75, 3.05) is 0 Å². The zero-order valence-corrected chi connectivity index (χ0v) is 10.9. The summed E-state index contributed by atoms with van der Waals surface area (Å²) in [6.07, 6.45) is 3.23. The Balaban J connectivity index is 1.85. The smallest absolute Gasteiger partial charge is 0.343 e. The van der Waals surface area contributed by atoms with Gasteiger partial charge in [-0.3, -0.25) is 9.97 Å². The molecule has 0 aliphatic carbocycles. The summed E-state index contributed by atoms with van der Waals surface area (Å²) in [5.74, 6) is 0.0804. The molecule has 0 unspecified atom stereocenters. The van der Waals surface area contributed by atoms with Gasteiger partial charge < -0.3 is 4.74 Å². The van der Waals surface area contributed by atoms with Crippen molar-refractivity contribution in [3.8, 4) is 5.75 Å². The van der Waals surface area contributed by atoms with E-state index in [9.17, 15) is 4.79 Å². The Labute approximate surface area is 116 Å². The van der Waals surface area contributed by atoms with Crippen molar-refractivity contribution >= 4 is 17.0 Å². The molecule has 2 aromatic carbocycles. The number of hydrogen-bond donors (Lipinski definition) is 0. The van der Waals surface area contributed by atoms with Gasteiger partial charge in [0.1, 0.15) is 5.75 Å². The Kier molecular flexibility index (Phi) is 3.13. The number of carbonyl (C=O) groups excluding carboxylic acids is 1. The van der Waals surface area contributed by atoms with E-state index in [1.807, 2.05) is 19.1 Å². The van der Waals surface area contributed by atoms with E-state index in [1.54, 1.807) is 42.7 Å². The summed E-state index contributed by atoms with van der Waals surface area (Å²) < 4.78 is 5.34. The first kappa shape index (κ1) is 12.3. The van der Waals surface area contributed by atoms with Crippen molar-refractivity contribution in [1.82, 2.24) is 9.97 Å². The van der Waals surface area contributed by atoms with E-state index in [0.29, 0.717) is 16.8 Å². The van der Waals surface area contributed by atoms with E-state index in [0.717, 1.165) is 11.1 Å². The Morgan fingerprint density at radius 3 is 2.40 bits per heavy atom. The predicted octanol–water partition coefficient (Wildman–Crippen LogP) is 3.16. The van der Waals surface area contributed by atoms with Crippen LogP contribution in [0.2, 0.25) is 0 Å². The van der Waals surface area contributed by atoms with Crippen molar-refractivity contribution in [3.63, 3.8) is 0 Å². The molecule has 0 saturated heterocycles. The van der Waals surface area contributed by atoms with E-state index in [4.69, 9.17) is 4.74 Å². The molecule has 4 heteroatoms. The van der Waals surface area contributed by atoms with Gasteiger partial charge in [0.15, 0.2) is 0 Å². The maximum atomic E-state index is 12.0. The second-order valence-corrected chi connectivity index (χ2v) is 4.46. The minimum Gasteiger partial charge on any atom is -0.423 e. The quantitative estimate of drug-likeness (QED) is 0.527. The predicted molar refractivity (Wildman–Crippen MR) is 75.7 cm³/mol. The lowest BCUT2D eigenvalue weighted by atomic mass is 10.1. The van der Waals surface area contributed by atoms with Crippen LogP contribution in [0.25, 0.3) is 11.0 Å². The van der Waals surface area contributed by atoms with Crippen LogP contribution in [0.3, 0.4) is 0 Å². The van der Waals surface area contributed by atoms with Gasteiger partial charge in [-0.25, -0.2) is 4.79 Å². The van der Waals surface area contributed by atoms with Crippen LogP contribution in [0.15, 0.2) is 54.9 Å². The van der Waals surface area contributed by atoms with Gasteiger partial charge >= 0.3 is 5.97 Å². The number of benzene rings is 2. The number of aromatic nitrogens is 2. The molecule has 0 aliphatic heterocycles. The number of hydrogen-bond acceptors (Lipinski definition) is 4. The monoisotopic (exact) mass is 264 g/mol. The number of carbonyl (C=O) groups is 1. The molecule has 3 aromatic rings. The normalized spacial score (nSPS) is 10.4. The van der Waals surface area contributed by atoms with Crippen LogP contribution >= 0.6 is 0 Å². The molecule has 1 heterocycles. The fourth-order valence-electron chi connectivity index (χ4n) is 1.86. The molecular weight excluding hydrogens is 252 g/mol. The third kappa shape index (κ3) is 2.49. The Morgan fingerprint density at radius 2 is 1.65 bits per heavy atom. The largest absolute Gasteiger partial charge is 0.423 e. The molecule has 3 rings (SSSR count). The molecule has 0 radical (unpaired) electrons. The van der Waals surface area contributed by atoms with Crippen LogP contribution in [0.4, 0.5) is 0 Å². The van der Waals surface area contributed by atoms with Crippen molar-refractivity contribution in [1.29, 1.82) is 0 Å². The van der Waals surface area contributed by atoms with E-state index < -0.39 is 0 Å². The summed E-state index contributed by atoms with van der Waals surface area (Å²) in [6.45, 7) is 1.97. The highest BCUT2D eigenvalue weighted by molar-refractivity contribution is 5.91. The van der Waals surface area contributed by atoms with Gasteiger partial charge in [0.25, 0.3) is 0 Å². The SMILES string of the molecule is Cc1ccc(C(=O)Oc2ccc3nccnc3c2)cc1. The minimum absolute atomic E-state index is 0.381. The highest BCUT2D eigenvalue weighted by Gasteiger charge is 2.08. The van der Waals surface area contributed by atoms with Gasteiger partial charge in [0, 0.05) is 18.5 Å². The Hall–Kier alpha value is -2.75. The van der Waals surface area contributed by atoms with Crippen molar-refractivity contribution in [2.45, 2.75) is 6.92 Å². The fourth-order valence-corrected chi connectivity index (χ4v) is 1.86. The molecule has 0 bridgehead atoms. The van der Waals surface area contributed by atoms with Gasteiger partial charge in [0.05, 0.1) is 16.6 Å². The standard InChI is InChI=1S/C16H12N2O2/c1-11-2-4-12(5-3-11)16(19)20-13-6-7-14-15(10-13)18-9-8-17-14/h2-10H,1H3. The molecular formula is C16H12N2O2. The zero-order chi connectivity index (χ0) is 13.9. The van der Waals surface area contributed by atoms with Gasteiger partial charge in [0.2, 0.25) is 0 Å². The lowest BCUT2D eigenvalue weighted by Gasteiger charge is -2.05. The van der Waals surface area contributed by atoms with E-state index in [2.05, 4.69) is 9.97 Å². The zero-order valence-electron chi connectivity index (χ0n) is 10.9. The van der Waals surface area contributed by atoms with Gasteiger partial charge in [-0.15, -0.1) is 0 Å². The lowest BCUT2D eigenvalue weighted by Crippen LogP contribution is -2.08. The first-order valence-corrected chi connectivity index (χ1v) is 6.22. The first-order chi connectivity index (χ1) is 9.72. The second kappa shape index (κ2) is 5.09. The molecule has 0 aliphatic rings. The number of aryl methyl sites for hydroxylation is 1. The maximum absolute atomic E-state index is 12.0. The minimum atomic E-state index is -0.381. The van der Waals surface area contributed by atoms with Crippen LogP contribution in [0.1, 0.15) is 15.9 Å². The first-order valence-electron chi connectivity index (χ1n) is 6.22. The summed E-state index contributed by atoms with van der Waals surface area (Å²) in [7, 11) is 0. The topological polar surface area (TPSA) is 52.1 Å². The summed E-state index contributed by atoms with van der Waals surface area (Å²) >= 11 is 0. The number of ether oxygens (including phenoxy) is 1. The summed E-state index contributed by atoms with van der Waals surface area (Å²) in [4.78, 5) is 20.3. The van der Waals surface area contributed by atoms with Crippen molar-refractivity contribution < 1.29 is 9.53 Å². The van der Waals surface area contributed by atoms with Gasteiger partial charge in [-0.2, -0.15) is 0 Å². The Morgan fingerprint density at radius 1 is 0.950 bits per heavy atom. The van der Waals surface area contributed by atoms with Gasteiger partial charge in [-0.05, 0) is 31.2 Å². The number of rotatable bonds is 2. The van der Waals surface area contributed by atoms with E-state index in [1.165, 1.54) is 0 Å². The molecule has 0 saturated carbocycles. The summed E-state index contributed by atoms with van der Waals surface area (Å²) in [6, 6.07) is 12.4. The lowest BCUT2D eigenvalue weighted by molar-refractivity contribution is 0.0735. The molecule has 98 valence electrons. The van der Waals surface area contributed by atoms with Crippen LogP contribution in [-0.2, 0) is 0 Å². The van der Waals surface area contributed by atoms with Crippen LogP contribution < -0.4 is 4.74 Å². The maximum Gasteiger partial charge on any atom is 0.343 e. The average molecular weight is 264 g/mol. The van der Waals surface area contributed by atoms with Gasteiger partial charge in [-0.1, -0.05) is 17.7 Å². The summed E-state index contributed by atoms with van der Waals surface area (Å²) in [5, 5.41) is 0.